The summed E-state index contributed by atoms with van der Waals surface area (Å²) in [6.45, 7) is 2.25. The molecule has 0 saturated carbocycles. The molecule has 0 aliphatic carbocycles. The Labute approximate surface area is 122 Å². The molecule has 4 heteroatoms. The molecule has 1 aliphatic rings. The van der Waals surface area contributed by atoms with Crippen LogP contribution in [-0.2, 0) is 6.42 Å². The zero-order chi connectivity index (χ0) is 13.1. The predicted molar refractivity (Wildman–Crippen MR) is 81.2 cm³/mol. The molecule has 1 aromatic carbocycles. The van der Waals surface area contributed by atoms with Gasteiger partial charge in [0.1, 0.15) is 0 Å². The zero-order valence-electron chi connectivity index (χ0n) is 10.7. The summed E-state index contributed by atoms with van der Waals surface area (Å²) in [5.74, 6) is 0.693. The van der Waals surface area contributed by atoms with E-state index in [1.165, 1.54) is 22.7 Å². The molecule has 0 unspecified atom stereocenters. The summed E-state index contributed by atoms with van der Waals surface area (Å²) in [5, 5.41) is 5.41. The number of nitrogens with zero attached hydrogens (tertiary/aromatic N) is 1. The highest BCUT2D eigenvalue weighted by Gasteiger charge is 2.17. The molecule has 1 N–H and O–H groups in total. The van der Waals surface area contributed by atoms with Gasteiger partial charge in [-0.05, 0) is 43.5 Å². The van der Waals surface area contributed by atoms with E-state index in [0.29, 0.717) is 5.92 Å². The van der Waals surface area contributed by atoms with Crippen molar-refractivity contribution in [3.8, 4) is 0 Å². The van der Waals surface area contributed by atoms with Gasteiger partial charge in [0.2, 0.25) is 0 Å². The predicted octanol–water partition coefficient (Wildman–Crippen LogP) is 3.85. The SMILES string of the molecule is Clc1ccccc1Cc1ncc(C2CCNCC2)s1. The first-order chi connectivity index (χ1) is 9.33. The van der Waals surface area contributed by atoms with Crippen molar-refractivity contribution in [3.05, 3.63) is 50.9 Å². The van der Waals surface area contributed by atoms with Crippen molar-refractivity contribution in [3.63, 3.8) is 0 Å². The molecule has 0 amide bonds. The smallest absolute Gasteiger partial charge is 0.0972 e. The lowest BCUT2D eigenvalue weighted by atomic mass is 9.97. The van der Waals surface area contributed by atoms with E-state index in [1.54, 1.807) is 0 Å². The quantitative estimate of drug-likeness (QED) is 0.929. The maximum Gasteiger partial charge on any atom is 0.0972 e. The van der Waals surface area contributed by atoms with Crippen LogP contribution >= 0.6 is 22.9 Å². The number of halogens is 1. The number of aromatic nitrogens is 1. The number of benzene rings is 1. The third kappa shape index (κ3) is 3.16. The Balaban J connectivity index is 1.73. The van der Waals surface area contributed by atoms with Gasteiger partial charge in [-0.2, -0.15) is 0 Å². The minimum atomic E-state index is 0.693. The van der Waals surface area contributed by atoms with Gasteiger partial charge in [0.25, 0.3) is 0 Å². The number of piperidine rings is 1. The van der Waals surface area contributed by atoms with Gasteiger partial charge in [-0.25, -0.2) is 4.98 Å². The molecule has 19 heavy (non-hydrogen) atoms. The molecule has 1 fully saturated rings. The maximum atomic E-state index is 6.20. The summed E-state index contributed by atoms with van der Waals surface area (Å²) in [6, 6.07) is 8.02. The highest BCUT2D eigenvalue weighted by Crippen LogP contribution is 2.31. The summed E-state index contributed by atoms with van der Waals surface area (Å²) in [4.78, 5) is 6.00. The first kappa shape index (κ1) is 13.1. The third-order valence-electron chi connectivity index (χ3n) is 3.61. The van der Waals surface area contributed by atoms with E-state index in [1.807, 2.05) is 29.5 Å². The van der Waals surface area contributed by atoms with Crippen LogP contribution in [0.15, 0.2) is 30.5 Å². The molecule has 0 atom stereocenters. The summed E-state index contributed by atoms with van der Waals surface area (Å²) < 4.78 is 0. The molecule has 3 rings (SSSR count). The summed E-state index contributed by atoms with van der Waals surface area (Å²) in [6.07, 6.45) is 5.36. The summed E-state index contributed by atoms with van der Waals surface area (Å²) >= 11 is 8.04. The minimum Gasteiger partial charge on any atom is -0.317 e. The first-order valence-corrected chi connectivity index (χ1v) is 7.91. The molecule has 1 aliphatic heterocycles. The van der Waals surface area contributed by atoms with Crippen molar-refractivity contribution in [1.82, 2.24) is 10.3 Å². The van der Waals surface area contributed by atoms with Gasteiger partial charge in [-0.15, -0.1) is 11.3 Å². The molecule has 0 radical (unpaired) electrons. The van der Waals surface area contributed by atoms with Crippen molar-refractivity contribution in [2.75, 3.05) is 13.1 Å². The molecular formula is C15H17ClN2S. The van der Waals surface area contributed by atoms with E-state index in [2.05, 4.69) is 22.6 Å². The van der Waals surface area contributed by atoms with Crippen molar-refractivity contribution in [1.29, 1.82) is 0 Å². The van der Waals surface area contributed by atoms with E-state index >= 15 is 0 Å². The Hall–Kier alpha value is -0.900. The zero-order valence-corrected chi connectivity index (χ0v) is 12.3. The summed E-state index contributed by atoms with van der Waals surface area (Å²) in [5.41, 5.74) is 1.16. The largest absolute Gasteiger partial charge is 0.317 e. The fourth-order valence-corrected chi connectivity index (χ4v) is 3.82. The average molecular weight is 293 g/mol. The number of hydrogen-bond acceptors (Lipinski definition) is 3. The van der Waals surface area contributed by atoms with E-state index in [4.69, 9.17) is 11.6 Å². The fourth-order valence-electron chi connectivity index (χ4n) is 2.51. The van der Waals surface area contributed by atoms with Crippen LogP contribution < -0.4 is 5.32 Å². The van der Waals surface area contributed by atoms with E-state index < -0.39 is 0 Å². The third-order valence-corrected chi connectivity index (χ3v) is 5.14. The monoisotopic (exact) mass is 292 g/mol. The molecular weight excluding hydrogens is 276 g/mol. The van der Waals surface area contributed by atoms with Crippen LogP contribution in [0.4, 0.5) is 0 Å². The second-order valence-electron chi connectivity index (χ2n) is 4.95. The molecule has 2 aromatic rings. The topological polar surface area (TPSA) is 24.9 Å². The van der Waals surface area contributed by atoms with Crippen molar-refractivity contribution >= 4 is 22.9 Å². The highest BCUT2D eigenvalue weighted by atomic mass is 35.5. The van der Waals surface area contributed by atoms with E-state index in [-0.39, 0.29) is 0 Å². The minimum absolute atomic E-state index is 0.693. The van der Waals surface area contributed by atoms with Crippen molar-refractivity contribution in [2.24, 2.45) is 0 Å². The van der Waals surface area contributed by atoms with E-state index in [9.17, 15) is 0 Å². The van der Waals surface area contributed by atoms with Crippen molar-refractivity contribution < 1.29 is 0 Å². The van der Waals surface area contributed by atoms with Crippen LogP contribution in [0.1, 0.15) is 34.2 Å². The Morgan fingerprint density at radius 2 is 2.05 bits per heavy atom. The second kappa shape index (κ2) is 6.04. The highest BCUT2D eigenvalue weighted by molar-refractivity contribution is 7.11. The second-order valence-corrected chi connectivity index (χ2v) is 6.50. The number of rotatable bonds is 3. The molecule has 100 valence electrons. The lowest BCUT2D eigenvalue weighted by molar-refractivity contribution is 0.465. The van der Waals surface area contributed by atoms with E-state index in [0.717, 1.165) is 30.1 Å². The average Bonchev–Trinajstić information content (AvgIpc) is 2.91. The van der Waals surface area contributed by atoms with Crippen LogP contribution in [0.2, 0.25) is 5.02 Å². The van der Waals surface area contributed by atoms with Gasteiger partial charge in [0, 0.05) is 22.5 Å². The van der Waals surface area contributed by atoms with Gasteiger partial charge >= 0.3 is 0 Å². The van der Waals surface area contributed by atoms with Gasteiger partial charge in [0.05, 0.1) is 5.01 Å². The van der Waals surface area contributed by atoms with Crippen LogP contribution in [0.3, 0.4) is 0 Å². The number of nitrogens with one attached hydrogen (secondary N) is 1. The van der Waals surface area contributed by atoms with Crippen LogP contribution in [0, 0.1) is 0 Å². The van der Waals surface area contributed by atoms with Crippen LogP contribution in [0.5, 0.6) is 0 Å². The molecule has 2 heterocycles. The Morgan fingerprint density at radius 3 is 2.84 bits per heavy atom. The standard InChI is InChI=1S/C15H17ClN2S/c16-13-4-2-1-3-12(13)9-15-18-10-14(19-15)11-5-7-17-8-6-11/h1-4,10-11,17H,5-9H2. The Bertz CT molecular complexity index is 547. The first-order valence-electron chi connectivity index (χ1n) is 6.71. The fraction of sp³-hybridized carbons (Fsp3) is 0.400. The number of thiazole rings is 1. The molecule has 2 nitrogen and oxygen atoms in total. The molecule has 1 aromatic heterocycles. The molecule has 0 bridgehead atoms. The van der Waals surface area contributed by atoms with Gasteiger partial charge < -0.3 is 5.32 Å². The van der Waals surface area contributed by atoms with Gasteiger partial charge in [-0.3, -0.25) is 0 Å². The normalized spacial score (nSPS) is 16.7. The molecule has 0 spiro atoms. The van der Waals surface area contributed by atoms with Crippen LogP contribution in [0.25, 0.3) is 0 Å². The number of hydrogen-bond donors (Lipinski definition) is 1. The lowest BCUT2D eigenvalue weighted by Gasteiger charge is -2.20. The Morgan fingerprint density at radius 1 is 1.26 bits per heavy atom. The van der Waals surface area contributed by atoms with Gasteiger partial charge in [0.15, 0.2) is 0 Å². The van der Waals surface area contributed by atoms with Crippen molar-refractivity contribution in [2.45, 2.75) is 25.2 Å². The summed E-state index contributed by atoms with van der Waals surface area (Å²) in [7, 11) is 0. The van der Waals surface area contributed by atoms with Crippen LogP contribution in [-0.4, -0.2) is 18.1 Å². The molecule has 1 saturated heterocycles. The maximum absolute atomic E-state index is 6.20. The Kier molecular flexibility index (Phi) is 4.16. The lowest BCUT2D eigenvalue weighted by Crippen LogP contribution is -2.26. The van der Waals surface area contributed by atoms with Gasteiger partial charge in [-0.1, -0.05) is 29.8 Å².